The number of morpholine rings is 1. The number of carbonyl (C=O) groups is 2. The summed E-state index contributed by atoms with van der Waals surface area (Å²) < 4.78 is 15.7. The topological polar surface area (TPSA) is 106 Å². The number of nitrogens with zero attached hydrogens (tertiary/aromatic N) is 1. The van der Waals surface area contributed by atoms with E-state index in [9.17, 15) is 19.8 Å². The molecule has 2 N–H and O–H groups in total. The first-order valence-electron chi connectivity index (χ1n) is 8.23. The molecule has 0 radical (unpaired) electrons. The van der Waals surface area contributed by atoms with Crippen LogP contribution in [-0.2, 0) is 19.0 Å². The van der Waals surface area contributed by atoms with Crippen molar-refractivity contribution in [1.82, 2.24) is 4.90 Å². The predicted molar refractivity (Wildman–Crippen MR) is 83.3 cm³/mol. The van der Waals surface area contributed by atoms with E-state index >= 15 is 0 Å². The molecular weight excluding hydrogens is 318 g/mol. The highest BCUT2D eigenvalue weighted by Crippen LogP contribution is 2.37. The second-order valence-electron chi connectivity index (χ2n) is 7.40. The average Bonchev–Trinajstić information content (AvgIpc) is 2.43. The fourth-order valence-electron chi connectivity index (χ4n) is 3.29. The van der Waals surface area contributed by atoms with Crippen LogP contribution >= 0.6 is 0 Å². The lowest BCUT2D eigenvalue weighted by atomic mass is 9.78. The molecule has 2 fully saturated rings. The van der Waals surface area contributed by atoms with E-state index < -0.39 is 41.5 Å². The molecule has 0 aliphatic carbocycles. The van der Waals surface area contributed by atoms with Gasteiger partial charge in [-0.15, -0.1) is 0 Å². The Labute approximate surface area is 141 Å². The maximum Gasteiger partial charge on any atom is 0.410 e. The van der Waals surface area contributed by atoms with Gasteiger partial charge in [0.05, 0.1) is 31.9 Å². The summed E-state index contributed by atoms with van der Waals surface area (Å²) in [5.41, 5.74) is -2.28. The van der Waals surface area contributed by atoms with E-state index in [1.807, 2.05) is 0 Å². The predicted octanol–water partition coefficient (Wildman–Crippen LogP) is 0.440. The molecule has 0 spiro atoms. The molecule has 2 aliphatic heterocycles. The quantitative estimate of drug-likeness (QED) is 0.715. The van der Waals surface area contributed by atoms with Crippen molar-refractivity contribution in [2.24, 2.45) is 0 Å². The van der Waals surface area contributed by atoms with Gasteiger partial charge in [-0.3, -0.25) is 4.90 Å². The van der Waals surface area contributed by atoms with Crippen LogP contribution in [0.2, 0.25) is 0 Å². The van der Waals surface area contributed by atoms with Crippen LogP contribution in [-0.4, -0.2) is 76.4 Å². The molecule has 24 heavy (non-hydrogen) atoms. The maximum atomic E-state index is 12.5. The van der Waals surface area contributed by atoms with Gasteiger partial charge < -0.3 is 24.4 Å². The van der Waals surface area contributed by atoms with E-state index in [1.54, 1.807) is 32.6 Å². The molecule has 0 aromatic carbocycles. The van der Waals surface area contributed by atoms with E-state index in [-0.39, 0.29) is 32.7 Å². The zero-order valence-electron chi connectivity index (χ0n) is 14.7. The summed E-state index contributed by atoms with van der Waals surface area (Å²) >= 11 is 0. The van der Waals surface area contributed by atoms with E-state index in [4.69, 9.17) is 14.2 Å². The van der Waals surface area contributed by atoms with E-state index in [0.29, 0.717) is 0 Å². The molecule has 2 saturated heterocycles. The van der Waals surface area contributed by atoms with Crippen LogP contribution in [0.3, 0.4) is 0 Å². The molecule has 8 heteroatoms. The van der Waals surface area contributed by atoms with Gasteiger partial charge in [0, 0.05) is 12.8 Å². The lowest BCUT2D eigenvalue weighted by Crippen LogP contribution is -2.67. The van der Waals surface area contributed by atoms with Crippen molar-refractivity contribution in [1.29, 1.82) is 0 Å². The Kier molecular flexibility index (Phi) is 5.41. The monoisotopic (exact) mass is 345 g/mol. The Morgan fingerprint density at radius 3 is 2.29 bits per heavy atom. The smallest absolute Gasteiger partial charge is 0.410 e. The minimum atomic E-state index is -1.65. The molecule has 0 saturated carbocycles. The first-order chi connectivity index (χ1) is 11.1. The second kappa shape index (κ2) is 6.85. The highest BCUT2D eigenvalue weighted by atomic mass is 16.6. The van der Waals surface area contributed by atoms with Crippen molar-refractivity contribution in [3.05, 3.63) is 0 Å². The summed E-state index contributed by atoms with van der Waals surface area (Å²) in [5, 5.41) is 21.0. The molecule has 3 unspecified atom stereocenters. The van der Waals surface area contributed by atoms with Gasteiger partial charge in [0.15, 0.2) is 6.10 Å². The molecule has 2 aliphatic rings. The van der Waals surface area contributed by atoms with Crippen molar-refractivity contribution in [3.63, 3.8) is 0 Å². The van der Waals surface area contributed by atoms with Gasteiger partial charge in [0.2, 0.25) is 0 Å². The number of aliphatic hydroxyl groups is 2. The van der Waals surface area contributed by atoms with Crippen molar-refractivity contribution < 1.29 is 34.0 Å². The minimum Gasteiger partial charge on any atom is -0.464 e. The number of piperidine rings is 1. The summed E-state index contributed by atoms with van der Waals surface area (Å²) in [6.07, 6.45) is -2.10. The van der Waals surface area contributed by atoms with Crippen LogP contribution < -0.4 is 0 Å². The van der Waals surface area contributed by atoms with E-state index in [0.717, 1.165) is 0 Å². The second-order valence-corrected chi connectivity index (χ2v) is 7.40. The van der Waals surface area contributed by atoms with E-state index in [1.165, 1.54) is 0 Å². The third-order valence-corrected chi connectivity index (χ3v) is 4.21. The van der Waals surface area contributed by atoms with Crippen LogP contribution in [0.1, 0.15) is 40.5 Å². The van der Waals surface area contributed by atoms with Crippen molar-refractivity contribution in [2.75, 3.05) is 19.8 Å². The number of carbonyl (C=O) groups excluding carboxylic acids is 2. The SMILES string of the molecule is CCOC(=O)C(O)C1(O)CC2COCC(C1)N2C(=O)OC(C)(C)C. The molecule has 0 aromatic heterocycles. The lowest BCUT2D eigenvalue weighted by molar-refractivity contribution is -0.193. The van der Waals surface area contributed by atoms with Crippen LogP contribution in [0.4, 0.5) is 4.79 Å². The Morgan fingerprint density at radius 2 is 1.83 bits per heavy atom. The van der Waals surface area contributed by atoms with Crippen molar-refractivity contribution in [3.8, 4) is 0 Å². The molecule has 3 atom stereocenters. The summed E-state index contributed by atoms with van der Waals surface area (Å²) in [5.74, 6) is -0.857. The minimum absolute atomic E-state index is 0.0166. The number of hydrogen-bond acceptors (Lipinski definition) is 7. The highest BCUT2D eigenvalue weighted by molar-refractivity contribution is 5.76. The number of aliphatic hydroxyl groups excluding tert-OH is 1. The molecular formula is C16H27NO7. The van der Waals surface area contributed by atoms with Gasteiger partial charge in [0.1, 0.15) is 11.2 Å². The average molecular weight is 345 g/mol. The largest absolute Gasteiger partial charge is 0.464 e. The van der Waals surface area contributed by atoms with Gasteiger partial charge in [-0.25, -0.2) is 9.59 Å². The van der Waals surface area contributed by atoms with Gasteiger partial charge >= 0.3 is 12.1 Å². The van der Waals surface area contributed by atoms with Crippen LogP contribution in [0.15, 0.2) is 0 Å². The molecule has 2 rings (SSSR count). The summed E-state index contributed by atoms with van der Waals surface area (Å²) in [4.78, 5) is 25.8. The zero-order chi connectivity index (χ0) is 18.1. The van der Waals surface area contributed by atoms with Gasteiger partial charge in [0.25, 0.3) is 0 Å². The summed E-state index contributed by atoms with van der Waals surface area (Å²) in [7, 11) is 0. The number of rotatable bonds is 3. The normalized spacial score (nSPS) is 31.3. The van der Waals surface area contributed by atoms with Crippen LogP contribution in [0.25, 0.3) is 0 Å². The molecule has 0 aromatic rings. The standard InChI is InChI=1S/C16H27NO7/c1-5-23-13(19)12(18)16(21)6-10-8-22-9-11(7-16)17(10)14(20)24-15(2,3)4/h10-12,18,21H,5-9H2,1-4H3. The molecule has 1 amide bonds. The summed E-state index contributed by atoms with van der Waals surface area (Å²) in [6, 6.07) is -0.942. The maximum absolute atomic E-state index is 12.5. The molecule has 138 valence electrons. The summed E-state index contributed by atoms with van der Waals surface area (Å²) in [6.45, 7) is 7.52. The third-order valence-electron chi connectivity index (χ3n) is 4.21. The lowest BCUT2D eigenvalue weighted by Gasteiger charge is -2.51. The fraction of sp³-hybridized carbons (Fsp3) is 0.875. The van der Waals surface area contributed by atoms with Gasteiger partial charge in [-0.05, 0) is 27.7 Å². The van der Waals surface area contributed by atoms with Crippen LogP contribution in [0.5, 0.6) is 0 Å². The first kappa shape index (κ1) is 19.0. The Hall–Kier alpha value is -1.38. The number of fused-ring (bicyclic) bond motifs is 2. The van der Waals surface area contributed by atoms with E-state index in [2.05, 4.69) is 0 Å². The number of amides is 1. The third kappa shape index (κ3) is 3.99. The zero-order valence-corrected chi connectivity index (χ0v) is 14.7. The van der Waals surface area contributed by atoms with Gasteiger partial charge in [-0.1, -0.05) is 0 Å². The van der Waals surface area contributed by atoms with Crippen molar-refractivity contribution in [2.45, 2.75) is 69.9 Å². The Morgan fingerprint density at radius 1 is 1.29 bits per heavy atom. The molecule has 2 heterocycles. The fourth-order valence-corrected chi connectivity index (χ4v) is 3.29. The number of esters is 1. The highest BCUT2D eigenvalue weighted by Gasteiger charge is 2.54. The Bertz CT molecular complexity index is 473. The van der Waals surface area contributed by atoms with Crippen molar-refractivity contribution >= 4 is 12.1 Å². The first-order valence-corrected chi connectivity index (χ1v) is 8.23. The molecule has 2 bridgehead atoms. The number of hydrogen-bond donors (Lipinski definition) is 2. The number of ether oxygens (including phenoxy) is 3. The van der Waals surface area contributed by atoms with Gasteiger partial charge in [-0.2, -0.15) is 0 Å². The Balaban J connectivity index is 2.15. The molecule has 8 nitrogen and oxygen atoms in total. The van der Waals surface area contributed by atoms with Crippen LogP contribution in [0, 0.1) is 0 Å².